The molecule has 0 spiro atoms. The van der Waals surface area contributed by atoms with Crippen LogP contribution in [0.3, 0.4) is 0 Å². The second kappa shape index (κ2) is 7.34. The Hall–Kier alpha value is -2.56. The molecule has 1 N–H and O–H groups in total. The summed E-state index contributed by atoms with van der Waals surface area (Å²) in [4.78, 5) is 24.8. The molecule has 1 aliphatic rings. The van der Waals surface area contributed by atoms with Crippen LogP contribution in [0.2, 0.25) is 0 Å². The normalized spacial score (nSPS) is 17.2. The fraction of sp³-hybridized carbons (Fsp3) is 0.368. The topological polar surface area (TPSA) is 66.8 Å². The van der Waals surface area contributed by atoms with Crippen molar-refractivity contribution in [2.24, 2.45) is 0 Å². The van der Waals surface area contributed by atoms with Crippen molar-refractivity contribution in [3.63, 3.8) is 0 Å². The summed E-state index contributed by atoms with van der Waals surface area (Å²) in [6, 6.07) is 13.2. The zero-order chi connectivity index (χ0) is 16.9. The number of amides is 1. The molecule has 3 rings (SSSR count). The minimum absolute atomic E-state index is 0.0959. The third kappa shape index (κ3) is 3.50. The molecular formula is C19H21NO4. The molecule has 0 saturated carbocycles. The van der Waals surface area contributed by atoms with Gasteiger partial charge in [0.1, 0.15) is 11.8 Å². The highest BCUT2D eigenvalue weighted by Gasteiger charge is 2.33. The van der Waals surface area contributed by atoms with Crippen molar-refractivity contribution in [1.29, 1.82) is 0 Å². The van der Waals surface area contributed by atoms with Crippen LogP contribution in [0.25, 0.3) is 10.8 Å². The van der Waals surface area contributed by atoms with E-state index in [1.165, 1.54) is 4.90 Å². The Kier molecular flexibility index (Phi) is 4.99. The van der Waals surface area contributed by atoms with Gasteiger partial charge in [-0.2, -0.15) is 0 Å². The molecule has 5 nitrogen and oxygen atoms in total. The third-order valence-electron chi connectivity index (χ3n) is 4.40. The lowest BCUT2D eigenvalue weighted by molar-refractivity contribution is -0.148. The quantitative estimate of drug-likeness (QED) is 0.828. The molecule has 1 heterocycles. The molecule has 0 aliphatic carbocycles. The second-order valence-electron chi connectivity index (χ2n) is 6.01. The van der Waals surface area contributed by atoms with Gasteiger partial charge in [0.2, 0.25) is 5.91 Å². The lowest BCUT2D eigenvalue weighted by atomic mass is 10.1. The van der Waals surface area contributed by atoms with E-state index in [0.29, 0.717) is 32.4 Å². The van der Waals surface area contributed by atoms with Gasteiger partial charge in [-0.1, -0.05) is 36.4 Å². The first-order valence-corrected chi connectivity index (χ1v) is 8.29. The smallest absolute Gasteiger partial charge is 0.326 e. The number of carboxylic acid groups (broad SMARTS) is 1. The zero-order valence-electron chi connectivity index (χ0n) is 13.5. The summed E-state index contributed by atoms with van der Waals surface area (Å²) in [6.07, 6.45) is 2.20. The average molecular weight is 327 g/mol. The molecule has 0 bridgehead atoms. The Morgan fingerprint density at radius 1 is 1.17 bits per heavy atom. The fourth-order valence-electron chi connectivity index (χ4n) is 3.19. The fourth-order valence-corrected chi connectivity index (χ4v) is 3.19. The van der Waals surface area contributed by atoms with E-state index in [4.69, 9.17) is 9.84 Å². The molecule has 1 atom stereocenters. The number of likely N-dealkylation sites (tertiary alicyclic amines) is 1. The van der Waals surface area contributed by atoms with Gasteiger partial charge in [0.25, 0.3) is 0 Å². The largest absolute Gasteiger partial charge is 0.493 e. The summed E-state index contributed by atoms with van der Waals surface area (Å²) >= 11 is 0. The van der Waals surface area contributed by atoms with Gasteiger partial charge < -0.3 is 14.7 Å². The maximum Gasteiger partial charge on any atom is 0.326 e. The van der Waals surface area contributed by atoms with Crippen molar-refractivity contribution in [2.75, 3.05) is 13.2 Å². The minimum Gasteiger partial charge on any atom is -0.493 e. The van der Waals surface area contributed by atoms with Gasteiger partial charge >= 0.3 is 5.97 Å². The van der Waals surface area contributed by atoms with Crippen molar-refractivity contribution in [3.05, 3.63) is 42.5 Å². The number of carboxylic acids is 1. The molecular weight excluding hydrogens is 306 g/mol. The van der Waals surface area contributed by atoms with Gasteiger partial charge in [0.05, 0.1) is 6.61 Å². The number of hydrogen-bond donors (Lipinski definition) is 1. The Balaban J connectivity index is 1.52. The molecule has 2 aromatic carbocycles. The monoisotopic (exact) mass is 327 g/mol. The molecule has 2 aromatic rings. The highest BCUT2D eigenvalue weighted by molar-refractivity contribution is 5.88. The van der Waals surface area contributed by atoms with Gasteiger partial charge in [0, 0.05) is 18.4 Å². The van der Waals surface area contributed by atoms with Crippen LogP contribution < -0.4 is 4.74 Å². The van der Waals surface area contributed by atoms with Crippen LogP contribution in [0.4, 0.5) is 0 Å². The van der Waals surface area contributed by atoms with Gasteiger partial charge in [-0.25, -0.2) is 4.79 Å². The van der Waals surface area contributed by atoms with Gasteiger partial charge in [-0.05, 0) is 30.7 Å². The van der Waals surface area contributed by atoms with Crippen molar-refractivity contribution in [3.8, 4) is 5.75 Å². The van der Waals surface area contributed by atoms with E-state index in [9.17, 15) is 9.59 Å². The maximum absolute atomic E-state index is 12.2. The van der Waals surface area contributed by atoms with E-state index in [0.717, 1.165) is 22.9 Å². The molecule has 0 unspecified atom stereocenters. The first-order chi connectivity index (χ1) is 11.7. The van der Waals surface area contributed by atoms with Crippen LogP contribution in [0.5, 0.6) is 5.75 Å². The molecule has 126 valence electrons. The molecule has 0 aromatic heterocycles. The van der Waals surface area contributed by atoms with Gasteiger partial charge in [-0.15, -0.1) is 0 Å². The predicted octanol–water partition coefficient (Wildman–Crippen LogP) is 3.07. The lowest BCUT2D eigenvalue weighted by Gasteiger charge is -2.21. The van der Waals surface area contributed by atoms with E-state index in [2.05, 4.69) is 0 Å². The summed E-state index contributed by atoms with van der Waals surface area (Å²) < 4.78 is 5.82. The number of hydrogen-bond acceptors (Lipinski definition) is 3. The molecule has 1 amide bonds. The Bertz CT molecular complexity index is 738. The van der Waals surface area contributed by atoms with Crippen molar-refractivity contribution in [2.45, 2.75) is 31.7 Å². The summed E-state index contributed by atoms with van der Waals surface area (Å²) in [7, 11) is 0. The highest BCUT2D eigenvalue weighted by Crippen LogP contribution is 2.25. The van der Waals surface area contributed by atoms with Crippen molar-refractivity contribution < 1.29 is 19.4 Å². The van der Waals surface area contributed by atoms with Crippen LogP contribution in [0, 0.1) is 0 Å². The first kappa shape index (κ1) is 16.3. The number of aliphatic carboxylic acids is 1. The van der Waals surface area contributed by atoms with E-state index in [1.807, 2.05) is 42.5 Å². The Morgan fingerprint density at radius 3 is 2.79 bits per heavy atom. The number of nitrogens with zero attached hydrogens (tertiary/aromatic N) is 1. The summed E-state index contributed by atoms with van der Waals surface area (Å²) in [5, 5.41) is 11.3. The number of fused-ring (bicyclic) bond motifs is 1. The van der Waals surface area contributed by atoms with Crippen LogP contribution >= 0.6 is 0 Å². The van der Waals surface area contributed by atoms with Crippen LogP contribution in [0.1, 0.15) is 25.7 Å². The van der Waals surface area contributed by atoms with Crippen molar-refractivity contribution >= 4 is 22.6 Å². The van der Waals surface area contributed by atoms with E-state index >= 15 is 0 Å². The number of rotatable bonds is 6. The summed E-state index contributed by atoms with van der Waals surface area (Å²) in [5.41, 5.74) is 0. The Labute approximate surface area is 140 Å². The summed E-state index contributed by atoms with van der Waals surface area (Å²) in [6.45, 7) is 0.977. The van der Waals surface area contributed by atoms with Gasteiger partial charge in [0.15, 0.2) is 0 Å². The van der Waals surface area contributed by atoms with Gasteiger partial charge in [-0.3, -0.25) is 4.79 Å². The van der Waals surface area contributed by atoms with Crippen LogP contribution in [-0.4, -0.2) is 41.1 Å². The van der Waals surface area contributed by atoms with Crippen LogP contribution in [0.15, 0.2) is 42.5 Å². The summed E-state index contributed by atoms with van der Waals surface area (Å²) in [5.74, 6) is -0.195. The minimum atomic E-state index is -0.909. The Morgan fingerprint density at radius 2 is 1.96 bits per heavy atom. The van der Waals surface area contributed by atoms with E-state index in [1.54, 1.807) is 0 Å². The highest BCUT2D eigenvalue weighted by atomic mass is 16.5. The van der Waals surface area contributed by atoms with Crippen molar-refractivity contribution in [1.82, 2.24) is 4.90 Å². The van der Waals surface area contributed by atoms with Crippen LogP contribution in [-0.2, 0) is 9.59 Å². The standard InChI is InChI=1S/C19H21NO4/c21-18(20-12-4-9-16(20)19(22)23)11-5-13-24-17-10-3-7-14-6-1-2-8-15(14)17/h1-3,6-8,10,16H,4-5,9,11-13H2,(H,22,23)/t16-/m0/s1. The number of benzene rings is 2. The van der Waals surface area contributed by atoms with E-state index in [-0.39, 0.29) is 5.91 Å². The first-order valence-electron chi connectivity index (χ1n) is 8.29. The SMILES string of the molecule is O=C(O)[C@@H]1CCCN1C(=O)CCCOc1cccc2ccccc12. The molecule has 1 aliphatic heterocycles. The lowest BCUT2D eigenvalue weighted by Crippen LogP contribution is -2.40. The average Bonchev–Trinajstić information content (AvgIpc) is 3.09. The number of ether oxygens (including phenoxy) is 1. The zero-order valence-corrected chi connectivity index (χ0v) is 13.5. The molecule has 24 heavy (non-hydrogen) atoms. The molecule has 1 saturated heterocycles. The molecule has 1 fully saturated rings. The van der Waals surface area contributed by atoms with E-state index < -0.39 is 12.0 Å². The maximum atomic E-state index is 12.2. The number of carbonyl (C=O) groups excluding carboxylic acids is 1. The molecule has 0 radical (unpaired) electrons. The molecule has 5 heteroatoms. The third-order valence-corrected chi connectivity index (χ3v) is 4.40. The predicted molar refractivity (Wildman–Crippen MR) is 91.0 cm³/mol. The number of carbonyl (C=O) groups is 2. The second-order valence-corrected chi connectivity index (χ2v) is 6.01.